The fourth-order valence-electron chi connectivity index (χ4n) is 3.94. The van der Waals surface area contributed by atoms with Gasteiger partial charge < -0.3 is 14.8 Å². The highest BCUT2D eigenvalue weighted by molar-refractivity contribution is 6.30. The molecule has 0 saturated carbocycles. The standard InChI is InChI=1S/C28H26ClN7O3/c1-38-14-15-39-13-12-35-19-25(27(34-35)24-9-2-3-10-30-24)33-28(37)26-23(8-5-11-31-26)20-17-32-36(18-20)22-7-4-6-21(29)16-22/h2-11,16-19H,12-15H2,1H3,(H,33,37). The Hall–Kier alpha value is -4.38. The maximum absolute atomic E-state index is 13.5. The zero-order chi connectivity index (χ0) is 27.0. The third-order valence-corrected chi connectivity index (χ3v) is 6.04. The molecule has 5 rings (SSSR count). The minimum absolute atomic E-state index is 0.255. The highest BCUT2D eigenvalue weighted by Crippen LogP contribution is 2.28. The summed E-state index contributed by atoms with van der Waals surface area (Å²) in [6.45, 7) is 1.95. The number of benzene rings is 1. The van der Waals surface area contributed by atoms with Gasteiger partial charge in [0, 0.05) is 48.0 Å². The molecule has 0 spiro atoms. The van der Waals surface area contributed by atoms with Crippen molar-refractivity contribution in [3.05, 3.63) is 96.3 Å². The van der Waals surface area contributed by atoms with Gasteiger partial charge in [-0.1, -0.05) is 29.8 Å². The van der Waals surface area contributed by atoms with E-state index in [2.05, 4.69) is 25.5 Å². The second kappa shape index (κ2) is 12.4. The minimum atomic E-state index is -0.380. The first-order valence-corrected chi connectivity index (χ1v) is 12.6. The fraction of sp³-hybridized carbons (Fsp3) is 0.179. The molecule has 4 aromatic heterocycles. The van der Waals surface area contributed by atoms with Gasteiger partial charge in [0.2, 0.25) is 0 Å². The normalized spacial score (nSPS) is 11.0. The number of ether oxygens (including phenoxy) is 2. The zero-order valence-corrected chi connectivity index (χ0v) is 22.0. The number of carbonyl (C=O) groups excluding carboxylic acids is 1. The van der Waals surface area contributed by atoms with E-state index in [0.717, 1.165) is 11.3 Å². The molecule has 0 aliphatic heterocycles. The van der Waals surface area contributed by atoms with Crippen LogP contribution < -0.4 is 5.32 Å². The van der Waals surface area contributed by atoms with E-state index in [0.29, 0.717) is 54.0 Å². The number of amides is 1. The van der Waals surface area contributed by atoms with Crippen molar-refractivity contribution >= 4 is 23.2 Å². The lowest BCUT2D eigenvalue weighted by Gasteiger charge is -2.08. The van der Waals surface area contributed by atoms with E-state index in [4.69, 9.17) is 21.1 Å². The largest absolute Gasteiger partial charge is 0.382 e. The average Bonchev–Trinajstić information content (AvgIpc) is 3.61. The van der Waals surface area contributed by atoms with Crippen molar-refractivity contribution in [2.75, 3.05) is 32.2 Å². The summed E-state index contributed by atoms with van der Waals surface area (Å²) in [5.74, 6) is -0.380. The Labute approximate surface area is 230 Å². The second-order valence-electron chi connectivity index (χ2n) is 8.48. The number of nitrogens with zero attached hydrogens (tertiary/aromatic N) is 6. The number of pyridine rings is 2. The van der Waals surface area contributed by atoms with Crippen molar-refractivity contribution in [2.24, 2.45) is 0 Å². The SMILES string of the molecule is COCCOCCn1cc(NC(=O)c2ncccc2-c2cnn(-c3cccc(Cl)c3)c2)c(-c2ccccn2)n1. The number of hydrogen-bond acceptors (Lipinski definition) is 7. The highest BCUT2D eigenvalue weighted by atomic mass is 35.5. The molecule has 0 saturated heterocycles. The van der Waals surface area contributed by atoms with Gasteiger partial charge >= 0.3 is 0 Å². The van der Waals surface area contributed by atoms with E-state index < -0.39 is 0 Å². The summed E-state index contributed by atoms with van der Waals surface area (Å²) < 4.78 is 14.0. The third-order valence-electron chi connectivity index (χ3n) is 5.80. The smallest absolute Gasteiger partial charge is 0.275 e. The van der Waals surface area contributed by atoms with Gasteiger partial charge in [0.05, 0.1) is 49.6 Å². The molecule has 0 atom stereocenters. The van der Waals surface area contributed by atoms with Crippen LogP contribution in [0.5, 0.6) is 0 Å². The first-order chi connectivity index (χ1) is 19.1. The number of rotatable bonds is 11. The molecule has 39 heavy (non-hydrogen) atoms. The summed E-state index contributed by atoms with van der Waals surface area (Å²) in [6, 6.07) is 16.5. The summed E-state index contributed by atoms with van der Waals surface area (Å²) >= 11 is 6.14. The summed E-state index contributed by atoms with van der Waals surface area (Å²) in [4.78, 5) is 22.3. The molecule has 0 fully saturated rings. The molecule has 1 N–H and O–H groups in total. The number of aromatic nitrogens is 6. The first-order valence-electron chi connectivity index (χ1n) is 12.3. The van der Waals surface area contributed by atoms with Gasteiger partial charge in [-0.2, -0.15) is 10.2 Å². The van der Waals surface area contributed by atoms with Crippen LogP contribution in [0, 0.1) is 0 Å². The van der Waals surface area contributed by atoms with Crippen LogP contribution in [0.25, 0.3) is 28.2 Å². The lowest BCUT2D eigenvalue weighted by Crippen LogP contribution is -2.15. The van der Waals surface area contributed by atoms with Gasteiger partial charge in [0.25, 0.3) is 5.91 Å². The van der Waals surface area contributed by atoms with Crippen molar-refractivity contribution in [1.29, 1.82) is 0 Å². The molecule has 198 valence electrons. The molecule has 1 aromatic carbocycles. The Morgan fingerprint density at radius 2 is 1.90 bits per heavy atom. The molecule has 0 aliphatic rings. The lowest BCUT2D eigenvalue weighted by atomic mass is 10.1. The van der Waals surface area contributed by atoms with Gasteiger partial charge in [-0.15, -0.1) is 0 Å². The monoisotopic (exact) mass is 543 g/mol. The van der Waals surface area contributed by atoms with Crippen molar-refractivity contribution in [1.82, 2.24) is 29.5 Å². The number of carbonyl (C=O) groups is 1. The Kier molecular flexibility index (Phi) is 8.37. The van der Waals surface area contributed by atoms with Crippen molar-refractivity contribution in [3.8, 4) is 28.2 Å². The Balaban J connectivity index is 1.40. The Morgan fingerprint density at radius 1 is 1.00 bits per heavy atom. The number of halogens is 1. The van der Waals surface area contributed by atoms with Gasteiger partial charge in [-0.05, 0) is 36.4 Å². The fourth-order valence-corrected chi connectivity index (χ4v) is 4.13. The Bertz CT molecular complexity index is 1550. The van der Waals surface area contributed by atoms with Crippen molar-refractivity contribution in [3.63, 3.8) is 0 Å². The van der Waals surface area contributed by atoms with Crippen LogP contribution in [0.2, 0.25) is 5.02 Å². The molecule has 0 bridgehead atoms. The van der Waals surface area contributed by atoms with Crippen molar-refractivity contribution < 1.29 is 14.3 Å². The van der Waals surface area contributed by atoms with Gasteiger partial charge in [0.15, 0.2) is 0 Å². The second-order valence-corrected chi connectivity index (χ2v) is 8.92. The number of hydrogen-bond donors (Lipinski definition) is 1. The van der Waals surface area contributed by atoms with Crippen LogP contribution in [-0.4, -0.2) is 62.4 Å². The van der Waals surface area contributed by atoms with E-state index in [9.17, 15) is 4.79 Å². The molecular formula is C28H26ClN7O3. The van der Waals surface area contributed by atoms with Crippen LogP contribution in [-0.2, 0) is 16.0 Å². The van der Waals surface area contributed by atoms with E-state index in [-0.39, 0.29) is 11.6 Å². The van der Waals surface area contributed by atoms with Gasteiger partial charge in [-0.25, -0.2) is 4.68 Å². The molecule has 11 heteroatoms. The van der Waals surface area contributed by atoms with E-state index in [1.165, 1.54) is 0 Å². The zero-order valence-electron chi connectivity index (χ0n) is 21.2. The van der Waals surface area contributed by atoms with Gasteiger partial charge in [-0.3, -0.25) is 19.4 Å². The summed E-state index contributed by atoms with van der Waals surface area (Å²) in [6.07, 6.45) is 8.56. The molecular weight excluding hydrogens is 518 g/mol. The maximum atomic E-state index is 13.5. The summed E-state index contributed by atoms with van der Waals surface area (Å²) in [5, 5.41) is 12.7. The lowest BCUT2D eigenvalue weighted by molar-refractivity contribution is 0.0654. The predicted octanol–water partition coefficient (Wildman–Crippen LogP) is 4.76. The first kappa shape index (κ1) is 26.2. The molecule has 0 unspecified atom stereocenters. The van der Waals surface area contributed by atoms with Crippen LogP contribution in [0.15, 0.2) is 85.6 Å². The van der Waals surface area contributed by atoms with Crippen LogP contribution in [0.1, 0.15) is 10.5 Å². The van der Waals surface area contributed by atoms with E-state index in [1.807, 2.05) is 48.7 Å². The van der Waals surface area contributed by atoms with E-state index in [1.54, 1.807) is 53.4 Å². The topological polar surface area (TPSA) is 109 Å². The third kappa shape index (κ3) is 6.37. The molecule has 5 aromatic rings. The maximum Gasteiger partial charge on any atom is 0.275 e. The highest BCUT2D eigenvalue weighted by Gasteiger charge is 2.20. The molecule has 0 radical (unpaired) electrons. The quantitative estimate of drug-likeness (QED) is 0.239. The molecule has 4 heterocycles. The molecule has 0 aliphatic carbocycles. The van der Waals surface area contributed by atoms with Crippen LogP contribution >= 0.6 is 11.6 Å². The number of methoxy groups -OCH3 is 1. The predicted molar refractivity (Wildman–Crippen MR) is 148 cm³/mol. The van der Waals surface area contributed by atoms with Crippen molar-refractivity contribution in [2.45, 2.75) is 6.54 Å². The number of nitrogens with one attached hydrogen (secondary N) is 1. The summed E-state index contributed by atoms with van der Waals surface area (Å²) in [5.41, 5.74) is 4.14. The van der Waals surface area contributed by atoms with Crippen LogP contribution in [0.3, 0.4) is 0 Å². The van der Waals surface area contributed by atoms with Crippen LogP contribution in [0.4, 0.5) is 5.69 Å². The average molecular weight is 544 g/mol. The minimum Gasteiger partial charge on any atom is -0.382 e. The molecule has 10 nitrogen and oxygen atoms in total. The Morgan fingerprint density at radius 3 is 2.72 bits per heavy atom. The number of anilines is 1. The summed E-state index contributed by atoms with van der Waals surface area (Å²) in [7, 11) is 1.63. The van der Waals surface area contributed by atoms with E-state index >= 15 is 0 Å². The molecule has 1 amide bonds. The van der Waals surface area contributed by atoms with Gasteiger partial charge in [0.1, 0.15) is 11.4 Å².